The molecule has 1 aliphatic carbocycles. The Morgan fingerprint density at radius 3 is 2.67 bits per heavy atom. The highest BCUT2D eigenvalue weighted by Gasteiger charge is 2.27. The van der Waals surface area contributed by atoms with E-state index in [1.54, 1.807) is 13.1 Å². The maximum Gasteiger partial charge on any atom is 0.242 e. The number of fused-ring (bicyclic) bond motifs is 1. The van der Waals surface area contributed by atoms with E-state index in [4.69, 9.17) is 5.73 Å². The van der Waals surface area contributed by atoms with Crippen molar-refractivity contribution in [1.29, 1.82) is 0 Å². The molecule has 0 unspecified atom stereocenters. The molecule has 0 saturated heterocycles. The second-order valence-electron chi connectivity index (χ2n) is 7.56. The Bertz CT molecular complexity index is 1200. The number of primary amides is 1. The average molecular weight is 429 g/mol. The van der Waals surface area contributed by atoms with Gasteiger partial charge in [-0.2, -0.15) is 0 Å². The summed E-state index contributed by atoms with van der Waals surface area (Å²) in [5.41, 5.74) is 8.35. The van der Waals surface area contributed by atoms with Crippen LogP contribution in [0.2, 0.25) is 0 Å². The van der Waals surface area contributed by atoms with Crippen LogP contribution in [0.4, 0.5) is 0 Å². The number of carbonyl (C=O) groups is 1. The minimum absolute atomic E-state index is 0.0133. The molecule has 3 heterocycles. The molecule has 158 valence electrons. The molecule has 1 amide bonds. The smallest absolute Gasteiger partial charge is 0.242 e. The molecule has 0 aliphatic heterocycles. The number of imidazole rings is 1. The van der Waals surface area contributed by atoms with Gasteiger partial charge in [-0.05, 0) is 44.9 Å². The number of nitrogens with one attached hydrogen (secondary N) is 1. The molecule has 3 aromatic rings. The zero-order chi connectivity index (χ0) is 21.5. The van der Waals surface area contributed by atoms with Crippen LogP contribution in [-0.4, -0.2) is 33.8 Å². The lowest BCUT2D eigenvalue weighted by Gasteiger charge is -2.15. The number of hydrogen-bond donors (Lipinski definition) is 2. The number of carbonyl (C=O) groups excluding carboxylic acids is 1. The highest BCUT2D eigenvalue weighted by atomic mass is 32.2. The van der Waals surface area contributed by atoms with Crippen LogP contribution in [0.25, 0.3) is 11.0 Å². The van der Waals surface area contributed by atoms with Gasteiger partial charge in [0.05, 0.1) is 24.2 Å². The van der Waals surface area contributed by atoms with Crippen molar-refractivity contribution in [3.05, 3.63) is 47.8 Å². The van der Waals surface area contributed by atoms with Gasteiger partial charge in [-0.15, -0.1) is 0 Å². The van der Waals surface area contributed by atoms with Crippen LogP contribution >= 0.6 is 0 Å². The molecule has 4 rings (SSSR count). The minimum Gasteiger partial charge on any atom is -0.369 e. The minimum atomic E-state index is -3.82. The van der Waals surface area contributed by atoms with E-state index in [-0.39, 0.29) is 11.3 Å². The van der Waals surface area contributed by atoms with Gasteiger partial charge in [0, 0.05) is 30.0 Å². The third kappa shape index (κ3) is 4.05. The number of sulfonamides is 1. The molecule has 0 spiro atoms. The van der Waals surface area contributed by atoms with Gasteiger partial charge in [0.2, 0.25) is 15.9 Å². The first-order valence-corrected chi connectivity index (χ1v) is 11.4. The van der Waals surface area contributed by atoms with Gasteiger partial charge in [-0.3, -0.25) is 14.8 Å². The Hall–Kier alpha value is -2.85. The van der Waals surface area contributed by atoms with E-state index in [1.165, 1.54) is 18.3 Å². The molecular formula is C20H24N6O3S. The first-order chi connectivity index (χ1) is 14.3. The lowest BCUT2D eigenvalue weighted by Crippen LogP contribution is -2.29. The maximum absolute atomic E-state index is 12.8. The third-order valence-corrected chi connectivity index (χ3v) is 6.71. The summed E-state index contributed by atoms with van der Waals surface area (Å²) in [6, 6.07) is 4.40. The van der Waals surface area contributed by atoms with Gasteiger partial charge in [0.25, 0.3) is 0 Å². The number of hydrogen-bond acceptors (Lipinski definition) is 6. The highest BCUT2D eigenvalue weighted by molar-refractivity contribution is 7.89. The SMILES string of the molecule is CCn1c([C@@H](C)NS(=O)(=O)c2ccc(CC(N)=O)nc2)nc2cnc(C3CC3)cc21. The average Bonchev–Trinajstić information content (AvgIpc) is 3.47. The van der Waals surface area contributed by atoms with Crippen LogP contribution in [0, 0.1) is 0 Å². The fourth-order valence-corrected chi connectivity index (χ4v) is 4.68. The number of nitrogens with two attached hydrogens (primary N) is 1. The van der Waals surface area contributed by atoms with Crippen LogP contribution in [-0.2, 0) is 27.8 Å². The second-order valence-corrected chi connectivity index (χ2v) is 9.27. The number of pyridine rings is 2. The van der Waals surface area contributed by atoms with Crippen molar-refractivity contribution in [1.82, 2.24) is 24.2 Å². The lowest BCUT2D eigenvalue weighted by molar-refractivity contribution is -0.117. The molecule has 1 atom stereocenters. The molecule has 9 nitrogen and oxygen atoms in total. The van der Waals surface area contributed by atoms with Crippen LogP contribution in [0.15, 0.2) is 35.5 Å². The molecule has 3 N–H and O–H groups in total. The van der Waals surface area contributed by atoms with E-state index in [1.807, 2.05) is 11.5 Å². The molecule has 1 fully saturated rings. The molecule has 0 aromatic carbocycles. The van der Waals surface area contributed by atoms with Gasteiger partial charge in [-0.25, -0.2) is 18.1 Å². The van der Waals surface area contributed by atoms with E-state index in [0.717, 1.165) is 29.6 Å². The summed E-state index contributed by atoms with van der Waals surface area (Å²) in [5.74, 6) is 0.630. The Labute approximate surface area is 174 Å². The molecule has 1 aliphatic rings. The van der Waals surface area contributed by atoms with Crippen molar-refractivity contribution >= 4 is 27.0 Å². The number of amides is 1. The molecule has 0 bridgehead atoms. The highest BCUT2D eigenvalue weighted by Crippen LogP contribution is 2.39. The molecule has 10 heteroatoms. The zero-order valence-corrected chi connectivity index (χ0v) is 17.7. The maximum atomic E-state index is 12.8. The lowest BCUT2D eigenvalue weighted by atomic mass is 10.2. The summed E-state index contributed by atoms with van der Waals surface area (Å²) in [7, 11) is -3.82. The summed E-state index contributed by atoms with van der Waals surface area (Å²) >= 11 is 0. The van der Waals surface area contributed by atoms with Crippen molar-refractivity contribution in [2.45, 2.75) is 56.5 Å². The monoisotopic (exact) mass is 428 g/mol. The van der Waals surface area contributed by atoms with Crippen molar-refractivity contribution in [3.63, 3.8) is 0 Å². The molecule has 1 saturated carbocycles. The summed E-state index contributed by atoms with van der Waals surface area (Å²) < 4.78 is 30.3. The third-order valence-electron chi connectivity index (χ3n) is 5.18. The van der Waals surface area contributed by atoms with E-state index in [2.05, 4.69) is 25.7 Å². The van der Waals surface area contributed by atoms with Gasteiger partial charge in [-0.1, -0.05) is 0 Å². The van der Waals surface area contributed by atoms with E-state index in [0.29, 0.717) is 24.0 Å². The van der Waals surface area contributed by atoms with Gasteiger partial charge in [0.15, 0.2) is 0 Å². The Morgan fingerprint density at radius 1 is 1.30 bits per heavy atom. The summed E-state index contributed by atoms with van der Waals surface area (Å²) in [5, 5.41) is 0. The molecular weight excluding hydrogens is 404 g/mol. The van der Waals surface area contributed by atoms with Crippen molar-refractivity contribution in [2.75, 3.05) is 0 Å². The molecule has 0 radical (unpaired) electrons. The Kier molecular flexibility index (Phi) is 5.29. The summed E-state index contributed by atoms with van der Waals surface area (Å²) in [6.45, 7) is 4.43. The van der Waals surface area contributed by atoms with Gasteiger partial charge < -0.3 is 10.3 Å². The van der Waals surface area contributed by atoms with E-state index < -0.39 is 22.0 Å². The van der Waals surface area contributed by atoms with Crippen LogP contribution in [0.3, 0.4) is 0 Å². The zero-order valence-electron chi connectivity index (χ0n) is 16.9. The number of rotatable bonds is 8. The number of aryl methyl sites for hydroxylation is 1. The number of aromatic nitrogens is 4. The fourth-order valence-electron chi connectivity index (χ4n) is 3.53. The Balaban J connectivity index is 1.60. The summed E-state index contributed by atoms with van der Waals surface area (Å²) in [4.78, 5) is 24.2. The predicted molar refractivity (Wildman–Crippen MR) is 111 cm³/mol. The van der Waals surface area contributed by atoms with E-state index >= 15 is 0 Å². The molecule has 3 aromatic heterocycles. The Morgan fingerprint density at radius 2 is 2.07 bits per heavy atom. The normalized spacial score (nSPS) is 15.4. The quantitative estimate of drug-likeness (QED) is 0.562. The van der Waals surface area contributed by atoms with Crippen LogP contribution in [0.5, 0.6) is 0 Å². The predicted octanol–water partition coefficient (Wildman–Crippen LogP) is 1.79. The van der Waals surface area contributed by atoms with Crippen LogP contribution < -0.4 is 10.5 Å². The number of nitrogens with zero attached hydrogens (tertiary/aromatic N) is 4. The standard InChI is InChI=1S/C20H24N6O3S/c1-3-26-18-9-16(13-4-5-13)23-11-17(18)24-20(26)12(2)25-30(28,29)15-7-6-14(22-10-15)8-19(21)27/h6-7,9-13,25H,3-5,8H2,1-2H3,(H2,21,27)/t12-/m1/s1. The fraction of sp³-hybridized carbons (Fsp3) is 0.400. The largest absolute Gasteiger partial charge is 0.369 e. The topological polar surface area (TPSA) is 133 Å². The van der Waals surface area contributed by atoms with Gasteiger partial charge >= 0.3 is 0 Å². The first kappa shape index (κ1) is 20.4. The first-order valence-electron chi connectivity index (χ1n) is 9.90. The van der Waals surface area contributed by atoms with Crippen LogP contribution in [0.1, 0.15) is 55.9 Å². The molecule has 30 heavy (non-hydrogen) atoms. The summed E-state index contributed by atoms with van der Waals surface area (Å²) in [6.07, 6.45) is 5.27. The van der Waals surface area contributed by atoms with Crippen molar-refractivity contribution < 1.29 is 13.2 Å². The van der Waals surface area contributed by atoms with E-state index in [9.17, 15) is 13.2 Å². The van der Waals surface area contributed by atoms with Crippen molar-refractivity contribution in [3.8, 4) is 0 Å². The van der Waals surface area contributed by atoms with Gasteiger partial charge in [0.1, 0.15) is 16.2 Å². The van der Waals surface area contributed by atoms with Crippen molar-refractivity contribution in [2.24, 2.45) is 5.73 Å². The second kappa shape index (κ2) is 7.77.